The molecule has 3 atom stereocenters. The second kappa shape index (κ2) is 10.5. The fourth-order valence-corrected chi connectivity index (χ4v) is 6.27. The topological polar surface area (TPSA) is 128 Å². The fourth-order valence-electron chi connectivity index (χ4n) is 5.35. The summed E-state index contributed by atoms with van der Waals surface area (Å²) < 4.78 is 29.7. The Labute approximate surface area is 234 Å². The number of nitrogens with two attached hydrogens (primary N) is 1. The third-order valence-electron chi connectivity index (χ3n) is 7.43. The highest BCUT2D eigenvalue weighted by Crippen LogP contribution is 2.50. The number of rotatable bonds is 7. The van der Waals surface area contributed by atoms with E-state index in [0.717, 1.165) is 4.88 Å². The molecule has 0 spiro atoms. The van der Waals surface area contributed by atoms with Gasteiger partial charge in [-0.1, -0.05) is 37.3 Å². The molecule has 0 radical (unpaired) electrons. The summed E-state index contributed by atoms with van der Waals surface area (Å²) in [4.78, 5) is 41.5. The summed E-state index contributed by atoms with van der Waals surface area (Å²) in [6.45, 7) is 3.82. The monoisotopic (exact) mass is 565 g/mol. The summed E-state index contributed by atoms with van der Waals surface area (Å²) in [5.41, 5.74) is 6.70. The van der Waals surface area contributed by atoms with Crippen LogP contribution in [0.4, 0.5) is 8.78 Å². The van der Waals surface area contributed by atoms with Crippen LogP contribution in [-0.2, 0) is 15.5 Å². The van der Waals surface area contributed by atoms with Crippen LogP contribution in [0, 0.1) is 11.3 Å². The zero-order valence-electron chi connectivity index (χ0n) is 22.0. The lowest BCUT2D eigenvalue weighted by Gasteiger charge is -2.25. The lowest BCUT2D eigenvalue weighted by Crippen LogP contribution is -2.49. The first-order valence-corrected chi connectivity index (χ1v) is 13.8. The number of likely N-dealkylation sites (tertiary alicyclic amines) is 1. The molecule has 2 heterocycles. The largest absolute Gasteiger partial charge is 0.384 e. The van der Waals surface area contributed by atoms with Gasteiger partial charge in [0.05, 0.1) is 12.6 Å². The standard InChI is InChI=1S/C29H29F2N5O3S/c1-15-9-23(28(39)35-16(2)24-11-18(14-40-24)26(32)33)36(13-15)25(37)12-34-27(38)17-7-8-22-20(10-17)19-5-3-4-6-21(19)29(22,30)31/h3-8,10-11,14-16,23H,9,12-13H2,1-2H3,(H3,32,33)(H,34,38)(H,35,39)/t15-,16+,23-/m0/s1. The SMILES string of the molecule is C[C@H]1C[C@@H](C(=O)N[C@H](C)c2cc(C(=N)N)cs2)N(C(=O)CNC(=O)c2ccc3c(c2)-c2ccccc2C3(F)F)C1. The van der Waals surface area contributed by atoms with E-state index in [4.69, 9.17) is 11.1 Å². The van der Waals surface area contributed by atoms with Crippen LogP contribution in [0.25, 0.3) is 11.1 Å². The van der Waals surface area contributed by atoms with Gasteiger partial charge in [0, 0.05) is 39.1 Å². The number of nitrogens with zero attached hydrogens (tertiary/aromatic N) is 1. The van der Waals surface area contributed by atoms with E-state index < -0.39 is 23.8 Å². The average molecular weight is 566 g/mol. The molecule has 0 unspecified atom stereocenters. The van der Waals surface area contributed by atoms with Gasteiger partial charge in [-0.2, -0.15) is 8.78 Å². The van der Waals surface area contributed by atoms with E-state index in [1.807, 2.05) is 13.8 Å². The Hall–Kier alpha value is -4.12. The van der Waals surface area contributed by atoms with Crippen LogP contribution in [0.5, 0.6) is 0 Å². The first kappa shape index (κ1) is 27.4. The Morgan fingerprint density at radius 1 is 1.12 bits per heavy atom. The van der Waals surface area contributed by atoms with Gasteiger partial charge >= 0.3 is 0 Å². The molecule has 1 fully saturated rings. The number of nitrogens with one attached hydrogen (secondary N) is 3. The lowest BCUT2D eigenvalue weighted by molar-refractivity contribution is -0.138. The lowest BCUT2D eigenvalue weighted by atomic mass is 10.0. The fraction of sp³-hybridized carbons (Fsp3) is 0.310. The molecular weight excluding hydrogens is 536 g/mol. The molecule has 5 rings (SSSR count). The van der Waals surface area contributed by atoms with Crippen LogP contribution >= 0.6 is 11.3 Å². The summed E-state index contributed by atoms with van der Waals surface area (Å²) in [6.07, 6.45) is 0.486. The predicted molar refractivity (Wildman–Crippen MR) is 148 cm³/mol. The molecule has 1 aliphatic heterocycles. The third-order valence-corrected chi connectivity index (χ3v) is 8.54. The molecule has 11 heteroatoms. The summed E-state index contributed by atoms with van der Waals surface area (Å²) in [5, 5.41) is 14.8. The number of alkyl halides is 2. The normalized spacial score (nSPS) is 19.4. The molecule has 8 nitrogen and oxygen atoms in total. The van der Waals surface area contributed by atoms with E-state index in [9.17, 15) is 23.2 Å². The number of carbonyl (C=O) groups excluding carboxylic acids is 3. The maximum atomic E-state index is 14.8. The molecule has 1 aromatic heterocycles. The van der Waals surface area contributed by atoms with E-state index >= 15 is 0 Å². The van der Waals surface area contributed by atoms with Crippen LogP contribution in [0.3, 0.4) is 0 Å². The van der Waals surface area contributed by atoms with Crippen molar-refractivity contribution in [3.63, 3.8) is 0 Å². The molecule has 1 saturated heterocycles. The van der Waals surface area contributed by atoms with Gasteiger partial charge in [0.25, 0.3) is 11.8 Å². The Kier molecular flexibility index (Phi) is 7.17. The van der Waals surface area contributed by atoms with Crippen molar-refractivity contribution >= 4 is 34.9 Å². The molecule has 0 saturated carbocycles. The number of hydrogen-bond donors (Lipinski definition) is 4. The van der Waals surface area contributed by atoms with Crippen molar-refractivity contribution < 1.29 is 23.2 Å². The molecule has 3 amide bonds. The number of carbonyl (C=O) groups is 3. The van der Waals surface area contributed by atoms with Gasteiger partial charge in [-0.15, -0.1) is 11.3 Å². The minimum absolute atomic E-state index is 0.0490. The van der Waals surface area contributed by atoms with E-state index in [0.29, 0.717) is 29.7 Å². The van der Waals surface area contributed by atoms with Crippen molar-refractivity contribution in [2.75, 3.05) is 13.1 Å². The van der Waals surface area contributed by atoms with Gasteiger partial charge in [-0.25, -0.2) is 0 Å². The summed E-state index contributed by atoms with van der Waals surface area (Å²) in [7, 11) is 0. The number of thiophene rings is 1. The van der Waals surface area contributed by atoms with E-state index in [1.165, 1.54) is 40.5 Å². The molecule has 3 aromatic rings. The molecule has 0 bridgehead atoms. The van der Waals surface area contributed by atoms with Gasteiger partial charge in [0.1, 0.15) is 11.9 Å². The smallest absolute Gasteiger partial charge is 0.299 e. The van der Waals surface area contributed by atoms with Crippen molar-refractivity contribution in [3.8, 4) is 11.1 Å². The minimum atomic E-state index is -3.14. The van der Waals surface area contributed by atoms with Crippen molar-refractivity contribution in [2.24, 2.45) is 11.7 Å². The molecule has 40 heavy (non-hydrogen) atoms. The number of halogens is 2. The van der Waals surface area contributed by atoms with E-state index in [-0.39, 0.29) is 46.9 Å². The second-order valence-corrected chi connectivity index (χ2v) is 11.3. The number of fused-ring (bicyclic) bond motifs is 3. The highest BCUT2D eigenvalue weighted by molar-refractivity contribution is 7.10. The molecule has 208 valence electrons. The van der Waals surface area contributed by atoms with Gasteiger partial charge in [-0.05, 0) is 48.6 Å². The molecule has 2 aliphatic rings. The molecular formula is C29H29F2N5O3S. The second-order valence-electron chi connectivity index (χ2n) is 10.3. The van der Waals surface area contributed by atoms with E-state index in [2.05, 4.69) is 10.6 Å². The number of hydrogen-bond acceptors (Lipinski definition) is 5. The molecule has 5 N–H and O–H groups in total. The van der Waals surface area contributed by atoms with Crippen LogP contribution in [-0.4, -0.2) is 47.6 Å². The van der Waals surface area contributed by atoms with Crippen LogP contribution < -0.4 is 16.4 Å². The average Bonchev–Trinajstić information content (AvgIpc) is 3.63. The minimum Gasteiger partial charge on any atom is -0.384 e. The Balaban J connectivity index is 1.23. The van der Waals surface area contributed by atoms with Gasteiger partial charge < -0.3 is 21.3 Å². The number of nitrogen functional groups attached to an aromatic ring is 1. The zero-order valence-corrected chi connectivity index (χ0v) is 22.8. The molecule has 1 aliphatic carbocycles. The van der Waals surface area contributed by atoms with Gasteiger partial charge in [-0.3, -0.25) is 19.8 Å². The first-order chi connectivity index (χ1) is 19.0. The summed E-state index contributed by atoms with van der Waals surface area (Å²) in [5.74, 6) is -4.37. The van der Waals surface area contributed by atoms with Gasteiger partial charge in [0.2, 0.25) is 11.8 Å². The number of benzene rings is 2. The van der Waals surface area contributed by atoms with Crippen molar-refractivity contribution in [2.45, 2.75) is 38.3 Å². The zero-order chi connectivity index (χ0) is 28.8. The summed E-state index contributed by atoms with van der Waals surface area (Å²) >= 11 is 1.39. The highest BCUT2D eigenvalue weighted by atomic mass is 32.1. The van der Waals surface area contributed by atoms with E-state index in [1.54, 1.807) is 29.6 Å². The summed E-state index contributed by atoms with van der Waals surface area (Å²) in [6, 6.07) is 10.9. The Bertz CT molecular complexity index is 1520. The predicted octanol–water partition coefficient (Wildman–Crippen LogP) is 4.00. The van der Waals surface area contributed by atoms with Crippen molar-refractivity contribution in [1.82, 2.24) is 15.5 Å². The Morgan fingerprint density at radius 2 is 1.85 bits per heavy atom. The van der Waals surface area contributed by atoms with Gasteiger partial charge in [0.15, 0.2) is 0 Å². The Morgan fingerprint density at radius 3 is 2.58 bits per heavy atom. The highest BCUT2D eigenvalue weighted by Gasteiger charge is 2.44. The number of amides is 3. The quantitative estimate of drug-likeness (QED) is 0.255. The van der Waals surface area contributed by atoms with Crippen LogP contribution in [0.1, 0.15) is 58.2 Å². The molecule has 2 aromatic carbocycles. The van der Waals surface area contributed by atoms with Crippen LogP contribution in [0.15, 0.2) is 53.9 Å². The number of amidine groups is 1. The first-order valence-electron chi connectivity index (χ1n) is 12.9. The third kappa shape index (κ3) is 4.97. The maximum Gasteiger partial charge on any atom is 0.299 e. The van der Waals surface area contributed by atoms with Crippen molar-refractivity contribution in [3.05, 3.63) is 81.0 Å². The van der Waals surface area contributed by atoms with Crippen molar-refractivity contribution in [1.29, 1.82) is 5.41 Å². The van der Waals surface area contributed by atoms with Crippen LogP contribution in [0.2, 0.25) is 0 Å². The maximum absolute atomic E-state index is 14.8.